The Hall–Kier alpha value is -3.66. The molecule has 2 fully saturated rings. The molecular weight excluding hydrogens is 465 g/mol. The standard InChI is InChI=1S/C26H30FN5O4/c1-32-10-7-17(8-11-32)30-25(33)20(31-26(34)35)13-15-2-5-21(19(27)12-15)36-22-6-9-28-24-23(22)18(14-29-24)16-3-4-16/h2,5-6,9,12,14,16-17,20,31H,3-4,7-8,10-11,13H2,1H3,(H,28,29)(H,30,33)(H,34,35)/t20-/m0/s1. The van der Waals surface area contributed by atoms with Crippen molar-refractivity contribution in [3.8, 4) is 11.5 Å². The molecule has 9 nitrogen and oxygen atoms in total. The number of halogens is 1. The van der Waals surface area contributed by atoms with Crippen LogP contribution in [0.3, 0.4) is 0 Å². The number of pyridine rings is 1. The monoisotopic (exact) mass is 495 g/mol. The highest BCUT2D eigenvalue weighted by molar-refractivity contribution is 5.87. The Bertz CT molecular complexity index is 1270. The fourth-order valence-corrected chi connectivity index (χ4v) is 4.77. The molecule has 3 heterocycles. The van der Waals surface area contributed by atoms with Crippen LogP contribution in [0, 0.1) is 5.82 Å². The second-order valence-corrected chi connectivity index (χ2v) is 9.71. The number of carbonyl (C=O) groups is 2. The molecule has 0 radical (unpaired) electrons. The van der Waals surface area contributed by atoms with Gasteiger partial charge in [-0.3, -0.25) is 4.79 Å². The van der Waals surface area contributed by atoms with E-state index in [1.807, 2.05) is 13.2 Å². The van der Waals surface area contributed by atoms with Crippen LogP contribution in [0.2, 0.25) is 0 Å². The van der Waals surface area contributed by atoms with Gasteiger partial charge in [0.2, 0.25) is 5.91 Å². The summed E-state index contributed by atoms with van der Waals surface area (Å²) >= 11 is 0. The first-order valence-corrected chi connectivity index (χ1v) is 12.3. The summed E-state index contributed by atoms with van der Waals surface area (Å²) in [6.45, 7) is 1.73. The molecule has 1 saturated heterocycles. The van der Waals surface area contributed by atoms with E-state index in [4.69, 9.17) is 4.74 Å². The van der Waals surface area contributed by atoms with E-state index >= 15 is 4.39 Å². The number of nitrogens with one attached hydrogen (secondary N) is 3. The van der Waals surface area contributed by atoms with Crippen molar-refractivity contribution in [1.29, 1.82) is 0 Å². The molecule has 2 aliphatic rings. The Morgan fingerprint density at radius 1 is 1.22 bits per heavy atom. The van der Waals surface area contributed by atoms with Crippen LogP contribution in [0.15, 0.2) is 36.7 Å². The lowest BCUT2D eigenvalue weighted by molar-refractivity contribution is -0.124. The Morgan fingerprint density at radius 2 is 2.00 bits per heavy atom. The summed E-state index contributed by atoms with van der Waals surface area (Å²) in [7, 11) is 2.02. The van der Waals surface area contributed by atoms with Gasteiger partial charge in [-0.1, -0.05) is 6.07 Å². The first kappa shape index (κ1) is 24.1. The number of piperidine rings is 1. The van der Waals surface area contributed by atoms with Crippen molar-refractivity contribution in [3.05, 3.63) is 53.6 Å². The zero-order valence-corrected chi connectivity index (χ0v) is 20.1. The van der Waals surface area contributed by atoms with Crippen LogP contribution >= 0.6 is 0 Å². The minimum atomic E-state index is -1.31. The lowest BCUT2D eigenvalue weighted by atomic mass is 10.0. The third-order valence-electron chi connectivity index (χ3n) is 6.92. The summed E-state index contributed by atoms with van der Waals surface area (Å²) in [5.41, 5.74) is 2.31. The Balaban J connectivity index is 1.30. The van der Waals surface area contributed by atoms with Gasteiger partial charge in [0, 0.05) is 24.9 Å². The predicted molar refractivity (Wildman–Crippen MR) is 132 cm³/mol. The molecule has 0 unspecified atom stereocenters. The van der Waals surface area contributed by atoms with E-state index in [1.54, 1.807) is 18.3 Å². The van der Waals surface area contributed by atoms with Gasteiger partial charge in [-0.05, 0) is 81.1 Å². The van der Waals surface area contributed by atoms with Gasteiger partial charge in [0.05, 0.1) is 5.39 Å². The second-order valence-electron chi connectivity index (χ2n) is 9.71. The molecule has 0 spiro atoms. The van der Waals surface area contributed by atoms with Crippen molar-refractivity contribution < 1.29 is 23.8 Å². The molecule has 36 heavy (non-hydrogen) atoms. The second kappa shape index (κ2) is 10.1. The van der Waals surface area contributed by atoms with Gasteiger partial charge in [-0.15, -0.1) is 0 Å². The number of ether oxygens (including phenoxy) is 1. The van der Waals surface area contributed by atoms with Crippen molar-refractivity contribution in [2.24, 2.45) is 0 Å². The maximum absolute atomic E-state index is 15.1. The van der Waals surface area contributed by atoms with E-state index in [1.165, 1.54) is 12.1 Å². The van der Waals surface area contributed by atoms with E-state index in [0.29, 0.717) is 22.9 Å². The summed E-state index contributed by atoms with van der Waals surface area (Å²) in [4.78, 5) is 33.9. The van der Waals surface area contributed by atoms with Gasteiger partial charge in [0.15, 0.2) is 11.6 Å². The number of hydrogen-bond donors (Lipinski definition) is 4. The average molecular weight is 496 g/mol. The van der Waals surface area contributed by atoms with Crippen molar-refractivity contribution in [2.45, 2.75) is 50.1 Å². The smallest absolute Gasteiger partial charge is 0.405 e. The number of rotatable bonds is 8. The average Bonchev–Trinajstić information content (AvgIpc) is 3.60. The highest BCUT2D eigenvalue weighted by Crippen LogP contribution is 2.45. The maximum Gasteiger partial charge on any atom is 0.405 e. The number of amides is 2. The summed E-state index contributed by atoms with van der Waals surface area (Å²) < 4.78 is 21.0. The molecule has 1 aliphatic heterocycles. The lowest BCUT2D eigenvalue weighted by Gasteiger charge is -2.30. The number of aromatic amines is 1. The predicted octanol–water partition coefficient (Wildman–Crippen LogP) is 3.76. The van der Waals surface area contributed by atoms with Gasteiger partial charge in [-0.2, -0.15) is 0 Å². The largest absolute Gasteiger partial charge is 0.465 e. The molecule has 2 amide bonds. The fraction of sp³-hybridized carbons (Fsp3) is 0.423. The van der Waals surface area contributed by atoms with E-state index in [-0.39, 0.29) is 18.2 Å². The van der Waals surface area contributed by atoms with Crippen LogP contribution in [0.25, 0.3) is 11.0 Å². The molecule has 0 bridgehead atoms. The fourth-order valence-electron chi connectivity index (χ4n) is 4.77. The van der Waals surface area contributed by atoms with Gasteiger partial charge >= 0.3 is 6.09 Å². The van der Waals surface area contributed by atoms with E-state index in [0.717, 1.165) is 49.7 Å². The number of benzene rings is 1. The first-order valence-electron chi connectivity index (χ1n) is 12.3. The summed E-state index contributed by atoms with van der Waals surface area (Å²) in [6, 6.07) is 5.11. The third kappa shape index (κ3) is 5.43. The number of aromatic nitrogens is 2. The minimum Gasteiger partial charge on any atom is -0.465 e. The van der Waals surface area contributed by atoms with Crippen LogP contribution in [0.4, 0.5) is 9.18 Å². The Labute approximate surface area is 208 Å². The number of fused-ring (bicyclic) bond motifs is 1. The number of hydrogen-bond acceptors (Lipinski definition) is 5. The normalized spacial score (nSPS) is 17.6. The van der Waals surface area contributed by atoms with Gasteiger partial charge in [0.25, 0.3) is 0 Å². The number of H-pyrrole nitrogens is 1. The zero-order chi connectivity index (χ0) is 25.2. The van der Waals surface area contributed by atoms with E-state index in [9.17, 15) is 14.7 Å². The summed E-state index contributed by atoms with van der Waals surface area (Å²) in [6.07, 6.45) is 6.09. The molecular formula is C26H30FN5O4. The molecule has 3 aromatic rings. The lowest BCUT2D eigenvalue weighted by Crippen LogP contribution is -2.52. The molecule has 1 atom stereocenters. The molecule has 4 N–H and O–H groups in total. The highest BCUT2D eigenvalue weighted by atomic mass is 19.1. The van der Waals surface area contributed by atoms with Crippen molar-refractivity contribution in [1.82, 2.24) is 25.5 Å². The number of carboxylic acid groups (broad SMARTS) is 1. The number of likely N-dealkylation sites (tertiary alicyclic amines) is 1. The van der Waals surface area contributed by atoms with Gasteiger partial charge in [0.1, 0.15) is 17.4 Å². The van der Waals surface area contributed by atoms with Gasteiger partial charge < -0.3 is 30.4 Å². The molecule has 5 rings (SSSR count). The quantitative estimate of drug-likeness (QED) is 0.378. The third-order valence-corrected chi connectivity index (χ3v) is 6.92. The van der Waals surface area contributed by atoms with E-state index in [2.05, 4.69) is 25.5 Å². The van der Waals surface area contributed by atoms with Crippen LogP contribution < -0.4 is 15.4 Å². The molecule has 1 saturated carbocycles. The Morgan fingerprint density at radius 3 is 2.69 bits per heavy atom. The molecule has 1 aliphatic carbocycles. The van der Waals surface area contributed by atoms with Crippen LogP contribution in [-0.2, 0) is 11.2 Å². The molecule has 10 heteroatoms. The molecule has 1 aromatic carbocycles. The van der Waals surface area contributed by atoms with Crippen molar-refractivity contribution in [2.75, 3.05) is 20.1 Å². The van der Waals surface area contributed by atoms with Crippen molar-refractivity contribution in [3.63, 3.8) is 0 Å². The number of carbonyl (C=O) groups excluding carboxylic acids is 1. The SMILES string of the molecule is CN1CCC(NC(=O)[C@H](Cc2ccc(Oc3ccnc4[nH]cc(C5CC5)c34)c(F)c2)NC(=O)O)CC1. The summed E-state index contributed by atoms with van der Waals surface area (Å²) in [5.74, 6) is 0.0417. The molecule has 2 aromatic heterocycles. The maximum atomic E-state index is 15.1. The zero-order valence-electron chi connectivity index (χ0n) is 20.1. The summed E-state index contributed by atoms with van der Waals surface area (Å²) in [5, 5.41) is 15.3. The van der Waals surface area contributed by atoms with Gasteiger partial charge in [-0.25, -0.2) is 14.2 Å². The minimum absolute atomic E-state index is 0.00883. The van der Waals surface area contributed by atoms with Crippen LogP contribution in [-0.4, -0.2) is 64.2 Å². The first-order chi connectivity index (χ1) is 17.4. The number of nitrogens with zero attached hydrogens (tertiary/aromatic N) is 2. The molecule has 190 valence electrons. The van der Waals surface area contributed by atoms with E-state index < -0.39 is 23.9 Å². The van der Waals surface area contributed by atoms with Crippen molar-refractivity contribution >= 4 is 23.0 Å². The topological polar surface area (TPSA) is 120 Å². The van der Waals surface area contributed by atoms with Crippen LogP contribution in [0.5, 0.6) is 11.5 Å². The Kier molecular flexibility index (Phi) is 6.77. The highest BCUT2D eigenvalue weighted by Gasteiger charge is 2.29. The van der Waals surface area contributed by atoms with Crippen LogP contribution in [0.1, 0.15) is 42.7 Å².